The molecule has 5 nitrogen and oxygen atoms in total. The maximum absolute atomic E-state index is 11.9. The standard InChI is InChI=1S/C13H24N2O3/c1-4-17-11-9-13(18-10-11)5-7-15(8-6-13)12(16)14(2)3/h11H,4-10H2,1-3H3. The van der Waals surface area contributed by atoms with Crippen LogP contribution in [0.4, 0.5) is 4.79 Å². The van der Waals surface area contributed by atoms with Gasteiger partial charge in [0.25, 0.3) is 0 Å². The Labute approximate surface area is 109 Å². The van der Waals surface area contributed by atoms with Gasteiger partial charge in [-0.15, -0.1) is 0 Å². The molecular formula is C13H24N2O3. The Morgan fingerprint density at radius 2 is 2.11 bits per heavy atom. The molecule has 0 aromatic rings. The van der Waals surface area contributed by atoms with E-state index in [1.165, 1.54) is 0 Å². The molecule has 2 rings (SSSR count). The number of piperidine rings is 1. The Balaban J connectivity index is 1.85. The molecule has 2 saturated heterocycles. The lowest BCUT2D eigenvalue weighted by Gasteiger charge is -2.39. The van der Waals surface area contributed by atoms with Crippen LogP contribution in [0.1, 0.15) is 26.2 Å². The molecule has 1 unspecified atom stereocenters. The maximum atomic E-state index is 11.9. The highest BCUT2D eigenvalue weighted by Crippen LogP contribution is 2.37. The number of hydrogen-bond donors (Lipinski definition) is 0. The predicted molar refractivity (Wildman–Crippen MR) is 68.6 cm³/mol. The number of nitrogens with zero attached hydrogens (tertiary/aromatic N) is 2. The first-order valence-electron chi connectivity index (χ1n) is 6.78. The zero-order chi connectivity index (χ0) is 13.2. The minimum atomic E-state index is -0.0388. The molecule has 1 spiro atoms. The van der Waals surface area contributed by atoms with Gasteiger partial charge in [0.05, 0.1) is 18.3 Å². The molecule has 5 heteroatoms. The first kappa shape index (κ1) is 13.6. The molecule has 2 amide bonds. The summed E-state index contributed by atoms with van der Waals surface area (Å²) in [6, 6.07) is 0.101. The van der Waals surface area contributed by atoms with Crippen molar-refractivity contribution in [1.29, 1.82) is 0 Å². The molecule has 2 aliphatic heterocycles. The van der Waals surface area contributed by atoms with Gasteiger partial charge in [-0.3, -0.25) is 0 Å². The van der Waals surface area contributed by atoms with Crippen LogP contribution in [0.5, 0.6) is 0 Å². The normalized spacial score (nSPS) is 26.6. The third-order valence-electron chi connectivity index (χ3n) is 3.91. The molecule has 18 heavy (non-hydrogen) atoms. The van der Waals surface area contributed by atoms with Crippen LogP contribution < -0.4 is 0 Å². The molecule has 0 radical (unpaired) electrons. The molecule has 2 fully saturated rings. The number of hydrogen-bond acceptors (Lipinski definition) is 3. The van der Waals surface area contributed by atoms with Crippen molar-refractivity contribution in [1.82, 2.24) is 9.80 Å². The van der Waals surface area contributed by atoms with E-state index < -0.39 is 0 Å². The SMILES string of the molecule is CCOC1COC2(CCN(C(=O)N(C)C)CC2)C1. The lowest BCUT2D eigenvalue weighted by molar-refractivity contribution is -0.0396. The number of likely N-dealkylation sites (tertiary alicyclic amines) is 1. The van der Waals surface area contributed by atoms with Crippen molar-refractivity contribution in [3.8, 4) is 0 Å². The minimum Gasteiger partial charge on any atom is -0.376 e. The Kier molecular flexibility index (Phi) is 4.12. The molecule has 104 valence electrons. The van der Waals surface area contributed by atoms with E-state index in [0.717, 1.165) is 39.0 Å². The van der Waals surface area contributed by atoms with Crippen molar-refractivity contribution in [3.63, 3.8) is 0 Å². The zero-order valence-electron chi connectivity index (χ0n) is 11.6. The fourth-order valence-corrected chi connectivity index (χ4v) is 2.88. The van der Waals surface area contributed by atoms with Crippen LogP contribution in [0.3, 0.4) is 0 Å². The summed E-state index contributed by atoms with van der Waals surface area (Å²) in [6.07, 6.45) is 3.07. The molecule has 0 aromatic heterocycles. The molecule has 0 aliphatic carbocycles. The number of carbonyl (C=O) groups is 1. The molecule has 2 heterocycles. The van der Waals surface area contributed by atoms with Gasteiger partial charge in [-0.25, -0.2) is 4.79 Å². The van der Waals surface area contributed by atoms with Crippen molar-refractivity contribution in [2.45, 2.75) is 37.9 Å². The highest BCUT2D eigenvalue weighted by atomic mass is 16.6. The summed E-state index contributed by atoms with van der Waals surface area (Å²) in [5.74, 6) is 0. The Morgan fingerprint density at radius 3 is 2.67 bits per heavy atom. The number of carbonyl (C=O) groups excluding carboxylic acids is 1. The van der Waals surface area contributed by atoms with E-state index >= 15 is 0 Å². The van der Waals surface area contributed by atoms with Gasteiger partial charge in [-0.1, -0.05) is 0 Å². The van der Waals surface area contributed by atoms with Gasteiger partial charge in [0, 0.05) is 40.2 Å². The van der Waals surface area contributed by atoms with Gasteiger partial charge in [-0.05, 0) is 19.8 Å². The fourth-order valence-electron chi connectivity index (χ4n) is 2.88. The van der Waals surface area contributed by atoms with Gasteiger partial charge >= 0.3 is 6.03 Å². The van der Waals surface area contributed by atoms with E-state index in [4.69, 9.17) is 9.47 Å². The Morgan fingerprint density at radius 1 is 1.44 bits per heavy atom. The van der Waals surface area contributed by atoms with Crippen LogP contribution in [0.15, 0.2) is 0 Å². The van der Waals surface area contributed by atoms with Crippen molar-refractivity contribution >= 4 is 6.03 Å². The van der Waals surface area contributed by atoms with E-state index in [0.29, 0.717) is 6.61 Å². The fraction of sp³-hybridized carbons (Fsp3) is 0.923. The topological polar surface area (TPSA) is 42.0 Å². The number of urea groups is 1. The first-order chi connectivity index (χ1) is 8.56. The van der Waals surface area contributed by atoms with E-state index in [2.05, 4.69) is 0 Å². The van der Waals surface area contributed by atoms with Gasteiger partial charge in [0.15, 0.2) is 0 Å². The van der Waals surface area contributed by atoms with Crippen LogP contribution in [-0.2, 0) is 9.47 Å². The molecular weight excluding hydrogens is 232 g/mol. The molecule has 0 saturated carbocycles. The second-order valence-corrected chi connectivity index (χ2v) is 5.44. The molecule has 0 bridgehead atoms. The van der Waals surface area contributed by atoms with Gasteiger partial charge < -0.3 is 19.3 Å². The van der Waals surface area contributed by atoms with Crippen LogP contribution >= 0.6 is 0 Å². The monoisotopic (exact) mass is 256 g/mol. The smallest absolute Gasteiger partial charge is 0.319 e. The van der Waals surface area contributed by atoms with E-state index in [9.17, 15) is 4.79 Å². The summed E-state index contributed by atoms with van der Waals surface area (Å²) < 4.78 is 11.6. The van der Waals surface area contributed by atoms with Crippen molar-refractivity contribution in [2.24, 2.45) is 0 Å². The minimum absolute atomic E-state index is 0.0388. The maximum Gasteiger partial charge on any atom is 0.319 e. The molecule has 2 aliphatic rings. The van der Waals surface area contributed by atoms with Gasteiger partial charge in [-0.2, -0.15) is 0 Å². The van der Waals surface area contributed by atoms with Gasteiger partial charge in [0.1, 0.15) is 0 Å². The van der Waals surface area contributed by atoms with E-state index in [1.54, 1.807) is 19.0 Å². The van der Waals surface area contributed by atoms with Gasteiger partial charge in [0.2, 0.25) is 0 Å². The van der Waals surface area contributed by atoms with E-state index in [-0.39, 0.29) is 17.7 Å². The third-order valence-corrected chi connectivity index (χ3v) is 3.91. The molecule has 0 aromatic carbocycles. The second kappa shape index (κ2) is 5.45. The summed E-state index contributed by atoms with van der Waals surface area (Å²) in [5, 5.41) is 0. The lowest BCUT2D eigenvalue weighted by Crippen LogP contribution is -2.49. The van der Waals surface area contributed by atoms with Crippen molar-refractivity contribution in [2.75, 3.05) is 40.4 Å². The largest absolute Gasteiger partial charge is 0.376 e. The summed E-state index contributed by atoms with van der Waals surface area (Å²) in [6.45, 7) is 5.04. The third kappa shape index (κ3) is 2.78. The van der Waals surface area contributed by atoms with E-state index in [1.807, 2.05) is 11.8 Å². The molecule has 0 N–H and O–H groups in total. The quantitative estimate of drug-likeness (QED) is 0.748. The number of amides is 2. The average molecular weight is 256 g/mol. The average Bonchev–Trinajstić information content (AvgIpc) is 2.73. The Hall–Kier alpha value is -0.810. The van der Waals surface area contributed by atoms with Crippen LogP contribution in [0, 0.1) is 0 Å². The second-order valence-electron chi connectivity index (χ2n) is 5.44. The highest BCUT2D eigenvalue weighted by molar-refractivity contribution is 5.73. The predicted octanol–water partition coefficient (Wildman–Crippen LogP) is 1.33. The number of rotatable bonds is 2. The lowest BCUT2D eigenvalue weighted by atomic mass is 9.88. The zero-order valence-corrected chi connectivity index (χ0v) is 11.6. The summed E-state index contributed by atoms with van der Waals surface area (Å²) >= 11 is 0. The first-order valence-corrected chi connectivity index (χ1v) is 6.78. The Bertz CT molecular complexity index is 299. The number of ether oxygens (including phenoxy) is 2. The summed E-state index contributed by atoms with van der Waals surface area (Å²) in [4.78, 5) is 15.4. The summed E-state index contributed by atoms with van der Waals surface area (Å²) in [5.41, 5.74) is -0.0388. The van der Waals surface area contributed by atoms with Crippen molar-refractivity contribution in [3.05, 3.63) is 0 Å². The van der Waals surface area contributed by atoms with Crippen LogP contribution in [-0.4, -0.2) is 67.9 Å². The van der Waals surface area contributed by atoms with Crippen LogP contribution in [0.2, 0.25) is 0 Å². The van der Waals surface area contributed by atoms with Crippen molar-refractivity contribution < 1.29 is 14.3 Å². The highest BCUT2D eigenvalue weighted by Gasteiger charge is 2.43. The molecule has 1 atom stereocenters. The van der Waals surface area contributed by atoms with Crippen LogP contribution in [0.25, 0.3) is 0 Å². The summed E-state index contributed by atoms with van der Waals surface area (Å²) in [7, 11) is 3.59.